The van der Waals surface area contributed by atoms with Gasteiger partial charge in [-0.25, -0.2) is 4.79 Å². The Morgan fingerprint density at radius 2 is 1.79 bits per heavy atom. The molecule has 8 nitrogen and oxygen atoms in total. The van der Waals surface area contributed by atoms with Crippen LogP contribution in [0.2, 0.25) is 0 Å². The van der Waals surface area contributed by atoms with E-state index in [-0.39, 0.29) is 12.3 Å². The molecule has 0 aliphatic carbocycles. The van der Waals surface area contributed by atoms with Crippen LogP contribution in [0, 0.1) is 0 Å². The number of carbonyl (C=O) groups is 1. The van der Waals surface area contributed by atoms with Crippen molar-refractivity contribution in [2.75, 3.05) is 20.8 Å². The van der Waals surface area contributed by atoms with Crippen molar-refractivity contribution in [3.05, 3.63) is 53.7 Å². The van der Waals surface area contributed by atoms with Gasteiger partial charge in [-0.1, -0.05) is 12.1 Å². The zero-order chi connectivity index (χ0) is 19.9. The summed E-state index contributed by atoms with van der Waals surface area (Å²) in [6.45, 7) is 2.36. The molecule has 0 unspecified atom stereocenters. The molecule has 3 aromatic rings. The Hall–Kier alpha value is -3.55. The van der Waals surface area contributed by atoms with E-state index in [0.29, 0.717) is 29.4 Å². The van der Waals surface area contributed by atoms with Gasteiger partial charge in [0.15, 0.2) is 17.2 Å². The Kier molecular flexibility index (Phi) is 6.11. The van der Waals surface area contributed by atoms with Crippen LogP contribution in [0.5, 0.6) is 17.2 Å². The van der Waals surface area contributed by atoms with Gasteiger partial charge in [0.2, 0.25) is 0 Å². The van der Waals surface area contributed by atoms with Crippen LogP contribution in [0.15, 0.2) is 42.5 Å². The van der Waals surface area contributed by atoms with Crippen molar-refractivity contribution >= 4 is 5.97 Å². The highest BCUT2D eigenvalue weighted by atomic mass is 16.5. The number of esters is 1. The Labute approximate surface area is 162 Å². The summed E-state index contributed by atoms with van der Waals surface area (Å²) < 4.78 is 21.5. The van der Waals surface area contributed by atoms with Crippen LogP contribution in [0.1, 0.15) is 23.0 Å². The van der Waals surface area contributed by atoms with Crippen LogP contribution < -0.4 is 14.2 Å². The van der Waals surface area contributed by atoms with Crippen molar-refractivity contribution in [2.24, 2.45) is 0 Å². The minimum absolute atomic E-state index is 0.121. The van der Waals surface area contributed by atoms with E-state index >= 15 is 0 Å². The van der Waals surface area contributed by atoms with Crippen LogP contribution in [0.4, 0.5) is 0 Å². The van der Waals surface area contributed by atoms with E-state index in [1.165, 1.54) is 0 Å². The van der Waals surface area contributed by atoms with Gasteiger partial charge in [-0.05, 0) is 42.8 Å². The lowest BCUT2D eigenvalue weighted by Crippen LogP contribution is -2.07. The minimum Gasteiger partial charge on any atom is -0.497 e. The van der Waals surface area contributed by atoms with Crippen molar-refractivity contribution in [2.45, 2.75) is 13.5 Å². The monoisotopic (exact) mass is 383 g/mol. The lowest BCUT2D eigenvalue weighted by Gasteiger charge is -2.12. The summed E-state index contributed by atoms with van der Waals surface area (Å²) in [5.74, 6) is 1.34. The highest BCUT2D eigenvalue weighted by Gasteiger charge is 2.20. The molecule has 0 atom stereocenters. The molecule has 1 aromatic heterocycles. The van der Waals surface area contributed by atoms with Gasteiger partial charge in [0, 0.05) is 5.56 Å². The quantitative estimate of drug-likeness (QED) is 0.597. The number of nitrogens with zero attached hydrogens (tertiary/aromatic N) is 2. The molecule has 0 aliphatic rings. The van der Waals surface area contributed by atoms with Crippen molar-refractivity contribution in [3.8, 4) is 28.5 Å². The maximum atomic E-state index is 12.0. The summed E-state index contributed by atoms with van der Waals surface area (Å²) in [5, 5.41) is 10.4. The number of methoxy groups -OCH3 is 2. The second kappa shape index (κ2) is 8.90. The van der Waals surface area contributed by atoms with Gasteiger partial charge in [0.1, 0.15) is 18.1 Å². The lowest BCUT2D eigenvalue weighted by molar-refractivity contribution is 0.0520. The first-order valence-electron chi connectivity index (χ1n) is 8.68. The summed E-state index contributed by atoms with van der Waals surface area (Å²) in [4.78, 5) is 12.0. The molecule has 0 saturated carbocycles. The fourth-order valence-electron chi connectivity index (χ4n) is 2.59. The summed E-state index contributed by atoms with van der Waals surface area (Å²) in [6.07, 6.45) is 0. The van der Waals surface area contributed by atoms with Crippen LogP contribution in [-0.4, -0.2) is 42.2 Å². The first-order chi connectivity index (χ1) is 13.7. The standard InChI is InChI=1S/C20H21N3O5/c1-4-27-20(24)19-18(21-23-22-19)14-7-10-16(17(11-14)26-3)28-12-13-5-8-15(25-2)9-6-13/h5-11H,4,12H2,1-3H3,(H,21,22,23). The average molecular weight is 383 g/mol. The minimum atomic E-state index is -0.537. The van der Waals surface area contributed by atoms with Gasteiger partial charge in [-0.15, -0.1) is 5.10 Å². The number of carbonyl (C=O) groups excluding carboxylic acids is 1. The number of aromatic nitrogens is 3. The first kappa shape index (κ1) is 19.2. The van der Waals surface area contributed by atoms with E-state index in [1.807, 2.05) is 24.3 Å². The number of aromatic amines is 1. The highest BCUT2D eigenvalue weighted by molar-refractivity contribution is 5.94. The van der Waals surface area contributed by atoms with E-state index in [4.69, 9.17) is 18.9 Å². The summed E-state index contributed by atoms with van der Waals surface area (Å²) in [6, 6.07) is 12.9. The number of benzene rings is 2. The maximum Gasteiger partial charge on any atom is 0.361 e. The van der Waals surface area contributed by atoms with Gasteiger partial charge >= 0.3 is 5.97 Å². The van der Waals surface area contributed by atoms with Crippen molar-refractivity contribution in [3.63, 3.8) is 0 Å². The van der Waals surface area contributed by atoms with Crippen LogP contribution in [0.3, 0.4) is 0 Å². The van der Waals surface area contributed by atoms with Gasteiger partial charge in [0.25, 0.3) is 0 Å². The third-order valence-electron chi connectivity index (χ3n) is 4.01. The molecule has 0 amide bonds. The molecule has 28 heavy (non-hydrogen) atoms. The number of hydrogen-bond donors (Lipinski definition) is 1. The Balaban J connectivity index is 1.79. The number of hydrogen-bond acceptors (Lipinski definition) is 7. The van der Waals surface area contributed by atoms with Gasteiger partial charge < -0.3 is 18.9 Å². The number of nitrogens with one attached hydrogen (secondary N) is 1. The van der Waals surface area contributed by atoms with Gasteiger partial charge in [-0.2, -0.15) is 10.3 Å². The zero-order valence-electron chi connectivity index (χ0n) is 15.9. The van der Waals surface area contributed by atoms with Gasteiger partial charge in [-0.3, -0.25) is 0 Å². The maximum absolute atomic E-state index is 12.0. The molecule has 1 heterocycles. The van der Waals surface area contributed by atoms with Crippen LogP contribution in [0.25, 0.3) is 11.3 Å². The fourth-order valence-corrected chi connectivity index (χ4v) is 2.59. The molecule has 0 radical (unpaired) electrons. The molecule has 0 bridgehead atoms. The zero-order valence-corrected chi connectivity index (χ0v) is 15.9. The number of ether oxygens (including phenoxy) is 4. The fraction of sp³-hybridized carbons (Fsp3) is 0.250. The predicted molar refractivity (Wildman–Crippen MR) is 102 cm³/mol. The Morgan fingerprint density at radius 1 is 1.00 bits per heavy atom. The second-order valence-corrected chi connectivity index (χ2v) is 5.74. The molecular weight excluding hydrogens is 362 g/mol. The average Bonchev–Trinajstić information content (AvgIpc) is 3.22. The van der Waals surface area contributed by atoms with Crippen LogP contribution >= 0.6 is 0 Å². The van der Waals surface area contributed by atoms with Gasteiger partial charge in [0.05, 0.1) is 20.8 Å². The molecule has 0 saturated heterocycles. The highest BCUT2D eigenvalue weighted by Crippen LogP contribution is 2.33. The largest absolute Gasteiger partial charge is 0.497 e. The normalized spacial score (nSPS) is 10.4. The van der Waals surface area contributed by atoms with E-state index in [9.17, 15) is 4.79 Å². The van der Waals surface area contributed by atoms with E-state index in [2.05, 4.69) is 15.4 Å². The molecule has 2 aromatic carbocycles. The lowest BCUT2D eigenvalue weighted by atomic mass is 10.1. The molecule has 0 spiro atoms. The van der Waals surface area contributed by atoms with Crippen LogP contribution in [-0.2, 0) is 11.3 Å². The molecular formula is C20H21N3O5. The predicted octanol–water partition coefficient (Wildman–Crippen LogP) is 3.24. The summed E-state index contributed by atoms with van der Waals surface area (Å²) in [7, 11) is 3.18. The van der Waals surface area contributed by atoms with E-state index in [0.717, 1.165) is 11.3 Å². The third kappa shape index (κ3) is 4.22. The molecule has 1 N–H and O–H groups in total. The molecule has 146 valence electrons. The Morgan fingerprint density at radius 3 is 2.46 bits per heavy atom. The van der Waals surface area contributed by atoms with Crippen molar-refractivity contribution < 1.29 is 23.7 Å². The molecule has 8 heteroatoms. The SMILES string of the molecule is CCOC(=O)c1n[nH]nc1-c1ccc(OCc2ccc(OC)cc2)c(OC)c1. The first-order valence-corrected chi connectivity index (χ1v) is 8.68. The number of H-pyrrole nitrogens is 1. The Bertz CT molecular complexity index is 937. The molecule has 0 fully saturated rings. The molecule has 3 rings (SSSR count). The second-order valence-electron chi connectivity index (χ2n) is 5.74. The topological polar surface area (TPSA) is 95.6 Å². The van der Waals surface area contributed by atoms with Crippen molar-refractivity contribution in [1.29, 1.82) is 0 Å². The third-order valence-corrected chi connectivity index (χ3v) is 4.01. The molecule has 0 aliphatic heterocycles. The van der Waals surface area contributed by atoms with Crippen molar-refractivity contribution in [1.82, 2.24) is 15.4 Å². The summed E-state index contributed by atoms with van der Waals surface area (Å²) in [5.41, 5.74) is 2.16. The summed E-state index contributed by atoms with van der Waals surface area (Å²) >= 11 is 0. The number of rotatable bonds is 8. The smallest absolute Gasteiger partial charge is 0.361 e. The van der Waals surface area contributed by atoms with E-state index < -0.39 is 5.97 Å². The van der Waals surface area contributed by atoms with E-state index in [1.54, 1.807) is 39.3 Å².